The summed E-state index contributed by atoms with van der Waals surface area (Å²) >= 11 is 5.39. The largest absolute Gasteiger partial charge is 0.494 e. The molecule has 1 unspecified atom stereocenters. The Morgan fingerprint density at radius 2 is 1.76 bits per heavy atom. The van der Waals surface area contributed by atoms with Crippen LogP contribution in [-0.4, -0.2) is 39.4 Å². The topological polar surface area (TPSA) is 81.2 Å². The molecule has 2 N–H and O–H groups in total. The smallest absolute Gasteiger partial charge is 0.222 e. The predicted molar refractivity (Wildman–Crippen MR) is 137 cm³/mol. The van der Waals surface area contributed by atoms with Gasteiger partial charge in [-0.15, -0.1) is 0 Å². The van der Waals surface area contributed by atoms with E-state index in [9.17, 15) is 4.79 Å². The Morgan fingerprint density at radius 3 is 2.41 bits per heavy atom. The molecule has 0 radical (unpaired) electrons. The summed E-state index contributed by atoms with van der Waals surface area (Å²) in [4.78, 5) is 12.6. The van der Waals surface area contributed by atoms with E-state index in [4.69, 9.17) is 21.7 Å². The minimum atomic E-state index is -0.00562. The molecule has 0 fully saturated rings. The summed E-state index contributed by atoms with van der Waals surface area (Å²) in [6.07, 6.45) is 2.23. The second-order valence-corrected chi connectivity index (χ2v) is 8.92. The third kappa shape index (κ3) is 7.45. The lowest BCUT2D eigenvalue weighted by atomic mass is 10.1. The minimum Gasteiger partial charge on any atom is -0.494 e. The van der Waals surface area contributed by atoms with Crippen LogP contribution in [0.1, 0.15) is 46.1 Å². The maximum atomic E-state index is 12.6. The van der Waals surface area contributed by atoms with Crippen molar-refractivity contribution in [2.24, 2.45) is 0 Å². The van der Waals surface area contributed by atoms with E-state index in [0.29, 0.717) is 30.2 Å². The van der Waals surface area contributed by atoms with E-state index in [1.807, 2.05) is 68.7 Å². The highest BCUT2D eigenvalue weighted by Crippen LogP contribution is 2.21. The minimum absolute atomic E-state index is 0.00562. The molecule has 0 aliphatic rings. The Hall–Kier alpha value is -3.13. The van der Waals surface area contributed by atoms with Crippen LogP contribution in [-0.2, 0) is 17.8 Å². The summed E-state index contributed by atoms with van der Waals surface area (Å²) in [5.74, 6) is 2.38. The van der Waals surface area contributed by atoms with Gasteiger partial charge in [-0.05, 0) is 94.7 Å². The molecule has 3 rings (SSSR count). The summed E-state index contributed by atoms with van der Waals surface area (Å²) in [5, 5.41) is 10.3. The van der Waals surface area contributed by atoms with Crippen molar-refractivity contribution in [1.29, 1.82) is 0 Å². The first kappa shape index (κ1) is 25.5. The highest BCUT2D eigenvalue weighted by molar-refractivity contribution is 7.71. The second-order valence-electron chi connectivity index (χ2n) is 8.53. The van der Waals surface area contributed by atoms with Crippen LogP contribution in [0.25, 0.3) is 11.4 Å². The number of carbonyl (C=O) groups is 1. The van der Waals surface area contributed by atoms with Gasteiger partial charge in [0.25, 0.3) is 0 Å². The van der Waals surface area contributed by atoms with Gasteiger partial charge in [0, 0.05) is 24.6 Å². The van der Waals surface area contributed by atoms with Crippen LogP contribution >= 0.6 is 12.2 Å². The van der Waals surface area contributed by atoms with E-state index in [2.05, 4.69) is 27.6 Å². The van der Waals surface area contributed by atoms with Crippen molar-refractivity contribution in [2.45, 2.75) is 65.6 Å². The van der Waals surface area contributed by atoms with E-state index < -0.39 is 0 Å². The maximum absolute atomic E-state index is 12.6. The summed E-state index contributed by atoms with van der Waals surface area (Å²) in [6, 6.07) is 15.9. The quantitative estimate of drug-likeness (QED) is 0.342. The maximum Gasteiger partial charge on any atom is 0.222 e. The monoisotopic (exact) mass is 482 g/mol. The molecule has 1 amide bonds. The fraction of sp³-hybridized carbons (Fsp3) is 0.423. The molecule has 0 saturated carbocycles. The van der Waals surface area contributed by atoms with E-state index in [-0.39, 0.29) is 18.1 Å². The van der Waals surface area contributed by atoms with E-state index in [1.54, 1.807) is 0 Å². The van der Waals surface area contributed by atoms with Gasteiger partial charge in [0.05, 0.1) is 12.7 Å². The number of rotatable bonds is 12. The molecule has 1 heterocycles. The molecule has 0 saturated heterocycles. The molecule has 1 aromatic heterocycles. The lowest BCUT2D eigenvalue weighted by Gasteiger charge is -2.15. The first-order chi connectivity index (χ1) is 16.4. The first-order valence-electron chi connectivity index (χ1n) is 11.8. The Morgan fingerprint density at radius 1 is 1.09 bits per heavy atom. The van der Waals surface area contributed by atoms with Crippen molar-refractivity contribution in [3.8, 4) is 22.9 Å². The lowest BCUT2D eigenvalue weighted by molar-refractivity contribution is -0.121. The predicted octanol–water partition coefficient (Wildman–Crippen LogP) is 5.32. The molecule has 34 heavy (non-hydrogen) atoms. The van der Waals surface area contributed by atoms with E-state index in [1.165, 1.54) is 5.56 Å². The number of H-pyrrole nitrogens is 1. The molecule has 8 heteroatoms. The molecule has 3 aromatic rings. The van der Waals surface area contributed by atoms with E-state index in [0.717, 1.165) is 29.9 Å². The molecular weight excluding hydrogens is 448 g/mol. The SMILES string of the molecule is CCOc1ccc(-c2n[nH]c(=S)n2CCC(=O)NC(C)CCc2ccc(OC(C)C)cc2)cc1. The van der Waals surface area contributed by atoms with Gasteiger partial charge in [0.15, 0.2) is 10.6 Å². The lowest BCUT2D eigenvalue weighted by Crippen LogP contribution is -2.33. The molecule has 0 bridgehead atoms. The summed E-state index contributed by atoms with van der Waals surface area (Å²) in [6.45, 7) is 9.08. The number of aryl methyl sites for hydroxylation is 1. The third-order valence-corrected chi connectivity index (χ3v) is 5.62. The number of nitrogens with zero attached hydrogens (tertiary/aromatic N) is 2. The van der Waals surface area contributed by atoms with Gasteiger partial charge in [-0.1, -0.05) is 12.1 Å². The summed E-state index contributed by atoms with van der Waals surface area (Å²) in [7, 11) is 0. The number of nitrogens with one attached hydrogen (secondary N) is 2. The van der Waals surface area contributed by atoms with Crippen molar-refractivity contribution in [3.63, 3.8) is 0 Å². The zero-order valence-electron chi connectivity index (χ0n) is 20.3. The molecule has 1 atom stereocenters. The number of aromatic amines is 1. The molecule has 0 spiro atoms. The number of carbonyl (C=O) groups excluding carboxylic acids is 1. The number of hydrogen-bond acceptors (Lipinski definition) is 5. The Labute approximate surface area is 206 Å². The first-order valence-corrected chi connectivity index (χ1v) is 12.2. The van der Waals surface area contributed by atoms with Gasteiger partial charge < -0.3 is 14.8 Å². The number of ether oxygens (including phenoxy) is 2. The van der Waals surface area contributed by atoms with Crippen molar-refractivity contribution in [3.05, 3.63) is 58.9 Å². The number of aromatic nitrogens is 3. The van der Waals surface area contributed by atoms with Crippen LogP contribution in [0.15, 0.2) is 48.5 Å². The summed E-state index contributed by atoms with van der Waals surface area (Å²) in [5.41, 5.74) is 2.14. The highest BCUT2D eigenvalue weighted by atomic mass is 32.1. The van der Waals surface area contributed by atoms with Gasteiger partial charge in [-0.25, -0.2) is 0 Å². The van der Waals surface area contributed by atoms with Crippen LogP contribution in [0.5, 0.6) is 11.5 Å². The molecular formula is C26H34N4O3S. The zero-order valence-corrected chi connectivity index (χ0v) is 21.2. The molecule has 0 aliphatic carbocycles. The van der Waals surface area contributed by atoms with Gasteiger partial charge in [0.2, 0.25) is 5.91 Å². The molecule has 2 aromatic carbocycles. The Kier molecular flexibility index (Phi) is 9.27. The fourth-order valence-corrected chi connectivity index (χ4v) is 3.86. The fourth-order valence-electron chi connectivity index (χ4n) is 3.63. The van der Waals surface area contributed by atoms with E-state index >= 15 is 0 Å². The average Bonchev–Trinajstić information content (AvgIpc) is 3.18. The van der Waals surface area contributed by atoms with Crippen molar-refractivity contribution in [2.75, 3.05) is 6.61 Å². The molecule has 0 aliphatic heterocycles. The molecule has 7 nitrogen and oxygen atoms in total. The van der Waals surface area contributed by atoms with Gasteiger partial charge in [-0.2, -0.15) is 5.10 Å². The number of hydrogen-bond donors (Lipinski definition) is 2. The van der Waals surface area contributed by atoms with Crippen molar-refractivity contribution < 1.29 is 14.3 Å². The van der Waals surface area contributed by atoms with Gasteiger partial charge in [0.1, 0.15) is 11.5 Å². The van der Waals surface area contributed by atoms with Crippen LogP contribution in [0.3, 0.4) is 0 Å². The zero-order chi connectivity index (χ0) is 24.5. The summed E-state index contributed by atoms with van der Waals surface area (Å²) < 4.78 is 13.5. The number of amides is 1. The second kappa shape index (κ2) is 12.4. The normalized spacial score (nSPS) is 11.9. The Balaban J connectivity index is 1.49. The average molecular weight is 483 g/mol. The third-order valence-electron chi connectivity index (χ3n) is 5.31. The Bertz CT molecular complexity index is 1100. The standard InChI is InChI=1S/C26H34N4O3S/c1-5-32-22-14-10-21(11-15-22)25-28-29-26(34)30(25)17-16-24(31)27-19(4)6-7-20-8-12-23(13-9-20)33-18(2)3/h8-15,18-19H,5-7,16-17H2,1-4H3,(H,27,31)(H,29,34). The van der Waals surface area contributed by atoms with Crippen LogP contribution < -0.4 is 14.8 Å². The van der Waals surface area contributed by atoms with Gasteiger partial charge in [-0.3, -0.25) is 14.5 Å². The van der Waals surface area contributed by atoms with Crippen LogP contribution in [0.2, 0.25) is 0 Å². The van der Waals surface area contributed by atoms with Crippen LogP contribution in [0.4, 0.5) is 0 Å². The van der Waals surface area contributed by atoms with Crippen molar-refractivity contribution >= 4 is 18.1 Å². The number of benzene rings is 2. The van der Waals surface area contributed by atoms with Crippen molar-refractivity contribution in [1.82, 2.24) is 20.1 Å². The highest BCUT2D eigenvalue weighted by Gasteiger charge is 2.13. The van der Waals surface area contributed by atoms with Gasteiger partial charge >= 0.3 is 0 Å². The van der Waals surface area contributed by atoms with Crippen LogP contribution in [0, 0.1) is 4.77 Å². The molecule has 182 valence electrons.